The van der Waals surface area contributed by atoms with Crippen molar-refractivity contribution in [2.24, 2.45) is 5.73 Å². The summed E-state index contributed by atoms with van der Waals surface area (Å²) in [5.41, 5.74) is 7.85. The molecule has 3 heteroatoms. The molecule has 0 aliphatic carbocycles. The van der Waals surface area contributed by atoms with Gasteiger partial charge in [0.05, 0.1) is 0 Å². The van der Waals surface area contributed by atoms with E-state index in [0.29, 0.717) is 6.61 Å². The van der Waals surface area contributed by atoms with Crippen LogP contribution in [0.3, 0.4) is 0 Å². The molecule has 0 amide bonds. The second-order valence-electron chi connectivity index (χ2n) is 4.19. The van der Waals surface area contributed by atoms with Gasteiger partial charge in [-0.3, -0.25) is 4.98 Å². The molecule has 3 nitrogen and oxygen atoms in total. The van der Waals surface area contributed by atoms with E-state index in [4.69, 9.17) is 10.5 Å². The molecule has 2 N–H and O–H groups in total. The maximum atomic E-state index is 5.74. The molecule has 0 saturated heterocycles. The van der Waals surface area contributed by atoms with Crippen LogP contribution in [-0.4, -0.2) is 11.5 Å². The third kappa shape index (κ3) is 3.86. The van der Waals surface area contributed by atoms with Crippen molar-refractivity contribution in [3.05, 3.63) is 59.9 Å². The first-order valence-electron chi connectivity index (χ1n) is 6.19. The standard InChI is InChI=1S/C15H18N2O/c16-8-2-5-13-4-1-7-15(10-13)18-12-14-6-3-9-17-11-14/h1,3-4,6-7,9-11H,2,5,8,12,16H2. The Bertz CT molecular complexity index is 471. The second-order valence-corrected chi connectivity index (χ2v) is 4.19. The van der Waals surface area contributed by atoms with Crippen molar-refractivity contribution < 1.29 is 4.74 Å². The van der Waals surface area contributed by atoms with Crippen molar-refractivity contribution in [3.8, 4) is 5.75 Å². The molecule has 0 aliphatic heterocycles. The molecule has 0 bridgehead atoms. The van der Waals surface area contributed by atoms with Gasteiger partial charge in [-0.2, -0.15) is 0 Å². The number of nitrogens with zero attached hydrogens (tertiary/aromatic N) is 1. The number of hydrogen-bond acceptors (Lipinski definition) is 3. The van der Waals surface area contributed by atoms with Crippen LogP contribution in [-0.2, 0) is 13.0 Å². The Morgan fingerprint density at radius 2 is 2.00 bits per heavy atom. The molecule has 2 aromatic rings. The number of nitrogens with two attached hydrogens (primary N) is 1. The lowest BCUT2D eigenvalue weighted by atomic mass is 10.1. The minimum absolute atomic E-state index is 0.550. The summed E-state index contributed by atoms with van der Waals surface area (Å²) in [5, 5.41) is 0. The molecule has 1 aromatic carbocycles. The van der Waals surface area contributed by atoms with Crippen molar-refractivity contribution in [2.75, 3.05) is 6.54 Å². The molecular formula is C15H18N2O. The topological polar surface area (TPSA) is 48.1 Å². The van der Waals surface area contributed by atoms with E-state index in [9.17, 15) is 0 Å². The molecule has 0 fully saturated rings. The minimum Gasteiger partial charge on any atom is -0.489 e. The SMILES string of the molecule is NCCCc1cccc(OCc2cccnc2)c1. The van der Waals surface area contributed by atoms with Gasteiger partial charge in [0.1, 0.15) is 12.4 Å². The van der Waals surface area contributed by atoms with Gasteiger partial charge in [0.15, 0.2) is 0 Å². The van der Waals surface area contributed by atoms with Crippen molar-refractivity contribution >= 4 is 0 Å². The molecular weight excluding hydrogens is 224 g/mol. The summed E-state index contributed by atoms with van der Waals surface area (Å²) < 4.78 is 5.74. The van der Waals surface area contributed by atoms with Gasteiger partial charge < -0.3 is 10.5 Å². The number of hydrogen-bond donors (Lipinski definition) is 1. The monoisotopic (exact) mass is 242 g/mol. The summed E-state index contributed by atoms with van der Waals surface area (Å²) in [6.45, 7) is 1.27. The van der Waals surface area contributed by atoms with Gasteiger partial charge in [0.2, 0.25) is 0 Å². The molecule has 0 atom stereocenters. The molecule has 0 aliphatic rings. The van der Waals surface area contributed by atoms with E-state index in [1.165, 1.54) is 5.56 Å². The van der Waals surface area contributed by atoms with Crippen LogP contribution in [0.1, 0.15) is 17.5 Å². The number of pyridine rings is 1. The van der Waals surface area contributed by atoms with Crippen molar-refractivity contribution in [2.45, 2.75) is 19.4 Å². The van der Waals surface area contributed by atoms with E-state index in [1.54, 1.807) is 6.20 Å². The van der Waals surface area contributed by atoms with Crippen LogP contribution in [0.25, 0.3) is 0 Å². The van der Waals surface area contributed by atoms with Crippen molar-refractivity contribution in [1.82, 2.24) is 4.98 Å². The maximum Gasteiger partial charge on any atom is 0.120 e. The van der Waals surface area contributed by atoms with Gasteiger partial charge in [-0.05, 0) is 43.1 Å². The average Bonchev–Trinajstić information content (AvgIpc) is 2.44. The first-order valence-corrected chi connectivity index (χ1v) is 6.19. The van der Waals surface area contributed by atoms with Crippen molar-refractivity contribution in [1.29, 1.82) is 0 Å². The predicted octanol–water partition coefficient (Wildman–Crippen LogP) is 2.55. The van der Waals surface area contributed by atoms with E-state index in [2.05, 4.69) is 17.1 Å². The summed E-state index contributed by atoms with van der Waals surface area (Å²) in [6, 6.07) is 12.1. The fraction of sp³-hybridized carbons (Fsp3) is 0.267. The highest BCUT2D eigenvalue weighted by atomic mass is 16.5. The van der Waals surface area contributed by atoms with Crippen LogP contribution in [0.2, 0.25) is 0 Å². The zero-order valence-corrected chi connectivity index (χ0v) is 10.4. The molecule has 1 aromatic heterocycles. The van der Waals surface area contributed by atoms with Crippen LogP contribution < -0.4 is 10.5 Å². The first kappa shape index (κ1) is 12.6. The number of ether oxygens (including phenoxy) is 1. The molecule has 0 saturated carbocycles. The molecule has 0 spiro atoms. The van der Waals surface area contributed by atoms with E-state index in [-0.39, 0.29) is 0 Å². The lowest BCUT2D eigenvalue weighted by Gasteiger charge is -2.07. The minimum atomic E-state index is 0.550. The highest BCUT2D eigenvalue weighted by Crippen LogP contribution is 2.16. The number of aryl methyl sites for hydroxylation is 1. The molecule has 94 valence electrons. The quantitative estimate of drug-likeness (QED) is 0.846. The largest absolute Gasteiger partial charge is 0.489 e. The molecule has 0 radical (unpaired) electrons. The summed E-state index contributed by atoms with van der Waals surface area (Å²) in [5.74, 6) is 0.897. The number of aromatic nitrogens is 1. The Morgan fingerprint density at radius 3 is 2.78 bits per heavy atom. The van der Waals surface area contributed by atoms with E-state index < -0.39 is 0 Å². The summed E-state index contributed by atoms with van der Waals surface area (Å²) in [7, 11) is 0. The van der Waals surface area contributed by atoms with E-state index in [1.807, 2.05) is 30.5 Å². The smallest absolute Gasteiger partial charge is 0.120 e. The third-order valence-corrected chi connectivity index (χ3v) is 2.70. The molecule has 0 unspecified atom stereocenters. The zero-order valence-electron chi connectivity index (χ0n) is 10.4. The third-order valence-electron chi connectivity index (χ3n) is 2.70. The predicted molar refractivity (Wildman–Crippen MR) is 72.4 cm³/mol. The van der Waals surface area contributed by atoms with Crippen LogP contribution >= 0.6 is 0 Å². The van der Waals surface area contributed by atoms with Crippen LogP contribution in [0.15, 0.2) is 48.8 Å². The van der Waals surface area contributed by atoms with Gasteiger partial charge in [0, 0.05) is 18.0 Å². The second kappa shape index (κ2) is 6.77. The van der Waals surface area contributed by atoms with Gasteiger partial charge in [0.25, 0.3) is 0 Å². The van der Waals surface area contributed by atoms with Crippen molar-refractivity contribution in [3.63, 3.8) is 0 Å². The normalized spacial score (nSPS) is 10.3. The number of rotatable bonds is 6. The lowest BCUT2D eigenvalue weighted by Crippen LogP contribution is -2.01. The fourth-order valence-electron chi connectivity index (χ4n) is 1.75. The van der Waals surface area contributed by atoms with E-state index >= 15 is 0 Å². The Labute approximate surface area is 108 Å². The molecule has 18 heavy (non-hydrogen) atoms. The fourth-order valence-corrected chi connectivity index (χ4v) is 1.75. The summed E-state index contributed by atoms with van der Waals surface area (Å²) in [4.78, 5) is 4.06. The first-order chi connectivity index (χ1) is 8.88. The maximum absolute atomic E-state index is 5.74. The number of benzene rings is 1. The van der Waals surface area contributed by atoms with Gasteiger partial charge in [-0.1, -0.05) is 18.2 Å². The molecule has 2 rings (SSSR count). The van der Waals surface area contributed by atoms with Gasteiger partial charge in [-0.15, -0.1) is 0 Å². The Kier molecular flexibility index (Phi) is 4.73. The Balaban J connectivity index is 1.93. The Hall–Kier alpha value is -1.87. The highest BCUT2D eigenvalue weighted by Gasteiger charge is 1.98. The van der Waals surface area contributed by atoms with E-state index in [0.717, 1.165) is 30.7 Å². The van der Waals surface area contributed by atoms with Crippen LogP contribution in [0.5, 0.6) is 5.75 Å². The summed E-state index contributed by atoms with van der Waals surface area (Å²) in [6.07, 6.45) is 5.59. The molecule has 1 heterocycles. The van der Waals surface area contributed by atoms with Gasteiger partial charge in [-0.25, -0.2) is 0 Å². The van der Waals surface area contributed by atoms with Gasteiger partial charge >= 0.3 is 0 Å². The average molecular weight is 242 g/mol. The van der Waals surface area contributed by atoms with Crippen LogP contribution in [0.4, 0.5) is 0 Å². The van der Waals surface area contributed by atoms with Crippen LogP contribution in [0, 0.1) is 0 Å². The zero-order chi connectivity index (χ0) is 12.6. The highest BCUT2D eigenvalue weighted by molar-refractivity contribution is 5.28. The summed E-state index contributed by atoms with van der Waals surface area (Å²) >= 11 is 0. The Morgan fingerprint density at radius 1 is 1.11 bits per heavy atom. The lowest BCUT2D eigenvalue weighted by molar-refractivity contribution is 0.305.